The first-order valence-electron chi connectivity index (χ1n) is 5.72. The molecule has 0 heterocycles. The number of rotatable bonds is 5. The van der Waals surface area contributed by atoms with E-state index in [-0.39, 0.29) is 17.7 Å². The van der Waals surface area contributed by atoms with E-state index in [1.165, 1.54) is 19.2 Å². The van der Waals surface area contributed by atoms with Crippen LogP contribution < -0.4 is 9.47 Å². The third kappa shape index (κ3) is 2.93. The summed E-state index contributed by atoms with van der Waals surface area (Å²) in [6, 6.07) is 4.14. The summed E-state index contributed by atoms with van der Waals surface area (Å²) >= 11 is 0. The second-order valence-electron chi connectivity index (χ2n) is 4.37. The predicted octanol–water partition coefficient (Wildman–Crippen LogP) is 1.85. The van der Waals surface area contributed by atoms with Crippen LogP contribution in [0.2, 0.25) is 0 Å². The fourth-order valence-electron chi connectivity index (χ4n) is 1.90. The van der Waals surface area contributed by atoms with E-state index in [1.54, 1.807) is 6.07 Å². The zero-order valence-electron chi connectivity index (χ0n) is 10.2. The van der Waals surface area contributed by atoms with E-state index in [0.29, 0.717) is 24.3 Å². The van der Waals surface area contributed by atoms with Gasteiger partial charge in [-0.05, 0) is 12.8 Å². The van der Waals surface area contributed by atoms with Crippen LogP contribution in [0.5, 0.6) is 11.5 Å². The van der Waals surface area contributed by atoms with Gasteiger partial charge in [0, 0.05) is 6.07 Å². The summed E-state index contributed by atoms with van der Waals surface area (Å²) in [6.45, 7) is 0. The molecule has 1 aromatic rings. The molecule has 0 aliphatic heterocycles. The number of nitro benzene ring substituents is 1. The fraction of sp³-hybridized carbons (Fsp3) is 0.417. The maximum Gasteiger partial charge on any atom is 0.306 e. The molecule has 1 N–H and O–H groups in total. The highest BCUT2D eigenvalue weighted by Gasteiger charge is 2.36. The Morgan fingerprint density at radius 1 is 1.37 bits per heavy atom. The van der Waals surface area contributed by atoms with E-state index in [0.717, 1.165) is 0 Å². The predicted molar refractivity (Wildman–Crippen MR) is 64.4 cm³/mol. The maximum atomic E-state index is 10.7. The summed E-state index contributed by atoms with van der Waals surface area (Å²) in [5.41, 5.74) is -0.122. The van der Waals surface area contributed by atoms with Gasteiger partial charge in [0.15, 0.2) is 0 Å². The Kier molecular flexibility index (Phi) is 3.55. The molecule has 7 heteroatoms. The van der Waals surface area contributed by atoms with Crippen LogP contribution in [0.1, 0.15) is 12.8 Å². The van der Waals surface area contributed by atoms with Gasteiger partial charge in [0.2, 0.25) is 0 Å². The lowest BCUT2D eigenvalue weighted by Crippen LogP contribution is -2.38. The van der Waals surface area contributed by atoms with Crippen molar-refractivity contribution in [2.24, 2.45) is 5.92 Å². The molecule has 0 amide bonds. The van der Waals surface area contributed by atoms with Crippen LogP contribution in [0.3, 0.4) is 0 Å². The third-order valence-electron chi connectivity index (χ3n) is 3.06. The molecule has 0 radical (unpaired) electrons. The smallest absolute Gasteiger partial charge is 0.306 e. The summed E-state index contributed by atoms with van der Waals surface area (Å²) in [4.78, 5) is 20.9. The van der Waals surface area contributed by atoms with Crippen molar-refractivity contribution in [3.8, 4) is 11.5 Å². The molecule has 1 saturated carbocycles. The number of carboxylic acid groups (broad SMARTS) is 1. The van der Waals surface area contributed by atoms with Crippen molar-refractivity contribution in [3.05, 3.63) is 28.3 Å². The molecule has 1 aromatic carbocycles. The number of methoxy groups -OCH3 is 1. The molecule has 102 valence electrons. The van der Waals surface area contributed by atoms with Crippen LogP contribution in [0.15, 0.2) is 18.2 Å². The lowest BCUT2D eigenvalue weighted by atomic mass is 9.82. The van der Waals surface area contributed by atoms with Crippen LogP contribution in [0, 0.1) is 16.0 Å². The van der Waals surface area contributed by atoms with Gasteiger partial charge < -0.3 is 14.6 Å². The molecule has 7 nitrogen and oxygen atoms in total. The highest BCUT2D eigenvalue weighted by molar-refractivity contribution is 5.71. The number of nitrogens with zero attached hydrogens (tertiary/aromatic N) is 1. The molecular formula is C12H13NO6. The average Bonchev–Trinajstić information content (AvgIpc) is 2.32. The van der Waals surface area contributed by atoms with Crippen molar-refractivity contribution in [2.45, 2.75) is 18.9 Å². The number of hydrogen-bond donors (Lipinski definition) is 1. The molecule has 1 aliphatic rings. The van der Waals surface area contributed by atoms with E-state index in [2.05, 4.69) is 0 Å². The van der Waals surface area contributed by atoms with Gasteiger partial charge in [-0.1, -0.05) is 0 Å². The highest BCUT2D eigenvalue weighted by Crippen LogP contribution is 2.34. The van der Waals surface area contributed by atoms with Gasteiger partial charge >= 0.3 is 5.97 Å². The minimum absolute atomic E-state index is 0.122. The number of non-ortho nitro benzene ring substituents is 1. The Labute approximate surface area is 108 Å². The Morgan fingerprint density at radius 3 is 2.53 bits per heavy atom. The first kappa shape index (κ1) is 13.1. The molecular weight excluding hydrogens is 254 g/mol. The average molecular weight is 267 g/mol. The summed E-state index contributed by atoms with van der Waals surface area (Å²) in [5.74, 6) is -0.569. The quantitative estimate of drug-likeness (QED) is 0.645. The second kappa shape index (κ2) is 5.13. The van der Waals surface area contributed by atoms with Crippen molar-refractivity contribution < 1.29 is 24.3 Å². The summed E-state index contributed by atoms with van der Waals surface area (Å²) < 4.78 is 10.5. The van der Waals surface area contributed by atoms with Gasteiger partial charge in [0.1, 0.15) is 17.6 Å². The maximum absolute atomic E-state index is 10.7. The van der Waals surface area contributed by atoms with Crippen LogP contribution >= 0.6 is 0 Å². The Hall–Kier alpha value is -2.31. The first-order valence-corrected chi connectivity index (χ1v) is 5.72. The van der Waals surface area contributed by atoms with Crippen molar-refractivity contribution >= 4 is 11.7 Å². The van der Waals surface area contributed by atoms with Gasteiger partial charge in [-0.25, -0.2) is 0 Å². The van der Waals surface area contributed by atoms with Gasteiger partial charge in [0.25, 0.3) is 5.69 Å². The minimum Gasteiger partial charge on any atom is -0.496 e. The SMILES string of the molecule is COc1cc(OC2CC(C(=O)O)C2)cc([N+](=O)[O-])c1. The summed E-state index contributed by atoms with van der Waals surface area (Å²) in [6.07, 6.45) is 0.619. The highest BCUT2D eigenvalue weighted by atomic mass is 16.6. The van der Waals surface area contributed by atoms with Gasteiger partial charge in [0.05, 0.1) is 30.1 Å². The van der Waals surface area contributed by atoms with Gasteiger partial charge in [-0.15, -0.1) is 0 Å². The van der Waals surface area contributed by atoms with Crippen molar-refractivity contribution in [2.75, 3.05) is 7.11 Å². The number of carboxylic acids is 1. The Balaban J connectivity index is 2.06. The van der Waals surface area contributed by atoms with Gasteiger partial charge in [-0.2, -0.15) is 0 Å². The lowest BCUT2D eigenvalue weighted by Gasteiger charge is -2.32. The number of aliphatic carboxylic acids is 1. The van der Waals surface area contributed by atoms with Crippen LogP contribution in [-0.2, 0) is 4.79 Å². The molecule has 0 aromatic heterocycles. The van der Waals surface area contributed by atoms with Gasteiger partial charge in [-0.3, -0.25) is 14.9 Å². The van der Waals surface area contributed by atoms with Crippen molar-refractivity contribution in [1.29, 1.82) is 0 Å². The monoisotopic (exact) mass is 267 g/mol. The fourth-order valence-corrected chi connectivity index (χ4v) is 1.90. The summed E-state index contributed by atoms with van der Waals surface area (Å²) in [7, 11) is 1.41. The molecule has 1 fully saturated rings. The largest absolute Gasteiger partial charge is 0.496 e. The van der Waals surface area contributed by atoms with E-state index in [4.69, 9.17) is 14.6 Å². The molecule has 1 aliphatic carbocycles. The molecule has 2 rings (SSSR count). The number of carbonyl (C=O) groups is 1. The number of ether oxygens (including phenoxy) is 2. The van der Waals surface area contributed by atoms with E-state index >= 15 is 0 Å². The zero-order chi connectivity index (χ0) is 14.0. The van der Waals surface area contributed by atoms with Crippen molar-refractivity contribution in [3.63, 3.8) is 0 Å². The Bertz CT molecular complexity index is 509. The standard InChI is InChI=1S/C12H13NO6/c1-18-9-4-8(13(16)17)5-11(6-9)19-10-2-7(3-10)12(14)15/h4-7,10H,2-3H2,1H3,(H,14,15). The van der Waals surface area contributed by atoms with E-state index < -0.39 is 10.9 Å². The van der Waals surface area contributed by atoms with Crippen LogP contribution in [0.25, 0.3) is 0 Å². The third-order valence-corrected chi connectivity index (χ3v) is 3.06. The lowest BCUT2D eigenvalue weighted by molar-refractivity contribution is -0.385. The normalized spacial score (nSPS) is 21.3. The molecule has 0 saturated heterocycles. The van der Waals surface area contributed by atoms with E-state index in [1.807, 2.05) is 0 Å². The molecule has 0 spiro atoms. The van der Waals surface area contributed by atoms with E-state index in [9.17, 15) is 14.9 Å². The zero-order valence-corrected chi connectivity index (χ0v) is 10.2. The second-order valence-corrected chi connectivity index (χ2v) is 4.37. The van der Waals surface area contributed by atoms with Crippen molar-refractivity contribution in [1.82, 2.24) is 0 Å². The molecule has 0 bridgehead atoms. The molecule has 0 unspecified atom stereocenters. The minimum atomic E-state index is -0.837. The first-order chi connectivity index (χ1) is 8.99. The van der Waals surface area contributed by atoms with Crippen LogP contribution in [-0.4, -0.2) is 29.2 Å². The molecule has 0 atom stereocenters. The molecule has 19 heavy (non-hydrogen) atoms. The summed E-state index contributed by atoms with van der Waals surface area (Å²) in [5, 5.41) is 19.5. The Morgan fingerprint density at radius 2 is 2.00 bits per heavy atom. The number of benzene rings is 1. The van der Waals surface area contributed by atoms with Crippen LogP contribution in [0.4, 0.5) is 5.69 Å². The number of hydrogen-bond acceptors (Lipinski definition) is 5. The number of nitro groups is 1. The topological polar surface area (TPSA) is 98.9 Å².